The number of fused-ring (bicyclic) bond motifs is 5. The van der Waals surface area contributed by atoms with Gasteiger partial charge >= 0.3 is 12.1 Å². The summed E-state index contributed by atoms with van der Waals surface area (Å²) < 4.78 is 17.4. The lowest BCUT2D eigenvalue weighted by Crippen LogP contribution is -2.43. The molecule has 54 heavy (non-hydrogen) atoms. The van der Waals surface area contributed by atoms with Crippen LogP contribution in [0.1, 0.15) is 59.0 Å². The Kier molecular flexibility index (Phi) is 10.9. The number of amides is 2. The number of benzene rings is 5. The lowest BCUT2D eigenvalue weighted by atomic mass is 9.92. The number of carbonyl (C=O) groups is 4. The van der Waals surface area contributed by atoms with Gasteiger partial charge in [0.15, 0.2) is 5.78 Å². The fourth-order valence-corrected chi connectivity index (χ4v) is 7.20. The maximum Gasteiger partial charge on any atom is 0.407 e. The van der Waals surface area contributed by atoms with Gasteiger partial charge in [0, 0.05) is 29.9 Å². The highest BCUT2D eigenvalue weighted by molar-refractivity contribution is 5.92. The first-order valence-corrected chi connectivity index (χ1v) is 18.0. The summed E-state index contributed by atoms with van der Waals surface area (Å²) in [5.74, 6) is -1.68. The number of carbonyl (C=O) groups excluding carboxylic acids is 4. The number of para-hydroxylation sites is 2. The van der Waals surface area contributed by atoms with Gasteiger partial charge in [0.05, 0.1) is 18.0 Å². The third kappa shape index (κ3) is 7.95. The first-order valence-electron chi connectivity index (χ1n) is 18.0. The van der Waals surface area contributed by atoms with Crippen LogP contribution in [0, 0.1) is 5.92 Å². The highest BCUT2D eigenvalue weighted by atomic mass is 16.5. The van der Waals surface area contributed by atoms with E-state index in [-0.39, 0.29) is 38.4 Å². The minimum atomic E-state index is -1.14. The van der Waals surface area contributed by atoms with Gasteiger partial charge < -0.3 is 24.8 Å². The highest BCUT2D eigenvalue weighted by Crippen LogP contribution is 2.45. The van der Waals surface area contributed by atoms with Gasteiger partial charge in [-0.3, -0.25) is 14.4 Å². The molecular formula is C45H40N2O7. The average molecular weight is 721 g/mol. The first kappa shape index (κ1) is 35.9. The standard InChI is InChI=1S/C45H40N2O7/c1-2-14-38(46-45(51)53-28-37-33-19-8-6-17-31(33)32-18-7-9-20-34(32)37)39(48)25-30(44(50)52-27-29-15-4-3-5-16-29)26-42(49)47-43-35-21-10-12-23-40(35)54-41-24-13-11-22-36(41)43/h2-13,15-24,30,37-38,43H,1,14,25-28H2,(H,46,51)(H,47,49)/t30-,38-/m0/s1. The second-order valence-electron chi connectivity index (χ2n) is 13.4. The summed E-state index contributed by atoms with van der Waals surface area (Å²) in [5, 5.41) is 5.75. The Balaban J connectivity index is 1.04. The molecule has 0 bridgehead atoms. The van der Waals surface area contributed by atoms with Gasteiger partial charge in [-0.25, -0.2) is 4.79 Å². The molecule has 0 saturated carbocycles. The molecule has 9 nitrogen and oxygen atoms in total. The molecule has 0 unspecified atom stereocenters. The topological polar surface area (TPSA) is 120 Å². The number of esters is 1. The van der Waals surface area contributed by atoms with Crippen molar-refractivity contribution in [1.29, 1.82) is 0 Å². The Labute approximate surface area is 314 Å². The predicted molar refractivity (Wildman–Crippen MR) is 204 cm³/mol. The fraction of sp³-hybridized carbons (Fsp3) is 0.200. The summed E-state index contributed by atoms with van der Waals surface area (Å²) in [4.78, 5) is 54.5. The third-order valence-electron chi connectivity index (χ3n) is 9.85. The zero-order valence-corrected chi connectivity index (χ0v) is 29.6. The van der Waals surface area contributed by atoms with E-state index in [1.807, 2.05) is 115 Å². The summed E-state index contributed by atoms with van der Waals surface area (Å²) >= 11 is 0. The molecule has 2 amide bonds. The molecule has 5 aromatic rings. The van der Waals surface area contributed by atoms with Crippen molar-refractivity contribution >= 4 is 23.8 Å². The third-order valence-corrected chi connectivity index (χ3v) is 9.85. The minimum absolute atomic E-state index is 0.0270. The van der Waals surface area contributed by atoms with E-state index in [0.29, 0.717) is 11.5 Å². The fourth-order valence-electron chi connectivity index (χ4n) is 7.20. The van der Waals surface area contributed by atoms with Crippen LogP contribution < -0.4 is 15.4 Å². The number of rotatable bonds is 14. The molecular weight excluding hydrogens is 681 g/mol. The maximum absolute atomic E-state index is 13.9. The molecule has 272 valence electrons. The molecule has 1 aliphatic carbocycles. The number of nitrogens with one attached hydrogen (secondary N) is 2. The zero-order valence-electron chi connectivity index (χ0n) is 29.6. The zero-order chi connectivity index (χ0) is 37.4. The van der Waals surface area contributed by atoms with Crippen LogP contribution in [0.5, 0.6) is 11.5 Å². The Morgan fingerprint density at radius 3 is 1.85 bits per heavy atom. The molecule has 2 atom stereocenters. The summed E-state index contributed by atoms with van der Waals surface area (Å²) in [7, 11) is 0. The van der Waals surface area contributed by atoms with Crippen LogP contribution in [0.15, 0.2) is 140 Å². The normalized spacial score (nSPS) is 13.8. The van der Waals surface area contributed by atoms with Gasteiger partial charge in [-0.15, -0.1) is 6.58 Å². The van der Waals surface area contributed by atoms with Crippen molar-refractivity contribution in [2.75, 3.05) is 6.61 Å². The number of alkyl carbamates (subject to hydrolysis) is 1. The van der Waals surface area contributed by atoms with Crippen LogP contribution in [-0.4, -0.2) is 36.4 Å². The van der Waals surface area contributed by atoms with Crippen molar-refractivity contribution in [3.8, 4) is 22.6 Å². The van der Waals surface area contributed by atoms with Gasteiger partial charge in [-0.2, -0.15) is 0 Å². The molecule has 2 N–H and O–H groups in total. The van der Waals surface area contributed by atoms with Crippen molar-refractivity contribution in [3.63, 3.8) is 0 Å². The molecule has 1 heterocycles. The molecule has 0 radical (unpaired) electrons. The lowest BCUT2D eigenvalue weighted by Gasteiger charge is -2.29. The smallest absolute Gasteiger partial charge is 0.407 e. The van der Waals surface area contributed by atoms with Crippen molar-refractivity contribution in [3.05, 3.63) is 168 Å². The van der Waals surface area contributed by atoms with Crippen molar-refractivity contribution in [2.45, 2.75) is 43.9 Å². The van der Waals surface area contributed by atoms with Crippen LogP contribution >= 0.6 is 0 Å². The van der Waals surface area contributed by atoms with E-state index in [1.54, 1.807) is 0 Å². The quantitative estimate of drug-likeness (QED) is 0.0877. The molecule has 0 aromatic heterocycles. The molecule has 0 saturated heterocycles. The maximum atomic E-state index is 13.9. The summed E-state index contributed by atoms with van der Waals surface area (Å²) in [6.07, 6.45) is 0.157. The van der Waals surface area contributed by atoms with E-state index in [1.165, 1.54) is 6.08 Å². The van der Waals surface area contributed by atoms with E-state index in [4.69, 9.17) is 14.2 Å². The molecule has 1 aliphatic heterocycles. The molecule has 9 heteroatoms. The second-order valence-corrected chi connectivity index (χ2v) is 13.4. The van der Waals surface area contributed by atoms with Crippen LogP contribution in [-0.2, 0) is 30.5 Å². The van der Waals surface area contributed by atoms with Crippen LogP contribution in [0.3, 0.4) is 0 Å². The van der Waals surface area contributed by atoms with Crippen molar-refractivity contribution < 1.29 is 33.4 Å². The van der Waals surface area contributed by atoms with Gasteiger partial charge in [-0.1, -0.05) is 121 Å². The predicted octanol–water partition coefficient (Wildman–Crippen LogP) is 8.19. The Morgan fingerprint density at radius 2 is 1.24 bits per heavy atom. The molecule has 7 rings (SSSR count). The van der Waals surface area contributed by atoms with Crippen LogP contribution in [0.4, 0.5) is 4.79 Å². The Hall–Kier alpha value is -6.48. The second kappa shape index (κ2) is 16.5. The molecule has 0 fully saturated rings. The van der Waals surface area contributed by atoms with Crippen molar-refractivity contribution in [2.24, 2.45) is 5.92 Å². The van der Waals surface area contributed by atoms with E-state index in [0.717, 1.165) is 38.9 Å². The molecule has 0 spiro atoms. The largest absolute Gasteiger partial charge is 0.461 e. The average Bonchev–Trinajstić information content (AvgIpc) is 3.52. The van der Waals surface area contributed by atoms with Gasteiger partial charge in [0.25, 0.3) is 0 Å². The Bertz CT molecular complexity index is 2090. The highest BCUT2D eigenvalue weighted by Gasteiger charge is 2.34. The van der Waals surface area contributed by atoms with E-state index < -0.39 is 41.8 Å². The van der Waals surface area contributed by atoms with Gasteiger partial charge in [-0.05, 0) is 46.4 Å². The van der Waals surface area contributed by atoms with Crippen LogP contribution in [0.2, 0.25) is 0 Å². The van der Waals surface area contributed by atoms with E-state index in [9.17, 15) is 19.2 Å². The number of hydrogen-bond acceptors (Lipinski definition) is 7. The first-order chi connectivity index (χ1) is 26.4. The number of Topliss-reactive ketones (excluding diaryl/α,β-unsaturated/α-hetero) is 1. The summed E-state index contributed by atoms with van der Waals surface area (Å²) in [6, 6.07) is 38.4. The number of ketones is 1. The Morgan fingerprint density at radius 1 is 0.685 bits per heavy atom. The van der Waals surface area contributed by atoms with E-state index in [2.05, 4.69) is 29.3 Å². The van der Waals surface area contributed by atoms with Crippen molar-refractivity contribution in [1.82, 2.24) is 10.6 Å². The minimum Gasteiger partial charge on any atom is -0.461 e. The summed E-state index contributed by atoms with van der Waals surface area (Å²) in [6.45, 7) is 3.81. The lowest BCUT2D eigenvalue weighted by molar-refractivity contribution is -0.153. The van der Waals surface area contributed by atoms with Gasteiger partial charge in [0.2, 0.25) is 5.91 Å². The van der Waals surface area contributed by atoms with E-state index >= 15 is 0 Å². The van der Waals surface area contributed by atoms with Crippen LogP contribution in [0.25, 0.3) is 11.1 Å². The molecule has 2 aliphatic rings. The SMILES string of the molecule is C=CC[C@H](NC(=O)OCC1c2ccccc2-c2ccccc21)C(=O)C[C@@H](CC(=O)NC1c2ccccc2Oc2ccccc21)C(=O)OCc1ccccc1. The molecule has 5 aromatic carbocycles. The number of hydrogen-bond donors (Lipinski definition) is 2. The van der Waals surface area contributed by atoms with Gasteiger partial charge in [0.1, 0.15) is 24.7 Å². The monoisotopic (exact) mass is 720 g/mol. The number of ether oxygens (including phenoxy) is 3. The summed E-state index contributed by atoms with van der Waals surface area (Å²) in [5.41, 5.74) is 6.62.